The van der Waals surface area contributed by atoms with Crippen molar-refractivity contribution in [2.24, 2.45) is 5.92 Å². The van der Waals surface area contributed by atoms with Gasteiger partial charge in [-0.25, -0.2) is 0 Å². The smallest absolute Gasteiger partial charge is 0.325 e. The molecule has 2 unspecified atom stereocenters. The van der Waals surface area contributed by atoms with Crippen LogP contribution in [0.2, 0.25) is 0 Å². The highest BCUT2D eigenvalue weighted by molar-refractivity contribution is 6.13. The number of rotatable bonds is 5. The largest absolute Gasteiger partial charge is 0.465 e. The molecule has 6 nitrogen and oxygen atoms in total. The van der Waals surface area contributed by atoms with Crippen LogP contribution in [0.25, 0.3) is 0 Å². The molecule has 2 aromatic rings. The van der Waals surface area contributed by atoms with Gasteiger partial charge in [-0.2, -0.15) is 10.5 Å². The summed E-state index contributed by atoms with van der Waals surface area (Å²) < 4.78 is 5.01. The molecule has 3 rings (SSSR count). The molecule has 0 spiro atoms. The second kappa shape index (κ2) is 7.77. The van der Waals surface area contributed by atoms with E-state index in [0.29, 0.717) is 11.3 Å². The summed E-state index contributed by atoms with van der Waals surface area (Å²) in [7, 11) is 0. The summed E-state index contributed by atoms with van der Waals surface area (Å²) in [4.78, 5) is 27.6. The third-order valence-corrected chi connectivity index (χ3v) is 5.24. The minimum Gasteiger partial charge on any atom is -0.465 e. The van der Waals surface area contributed by atoms with Gasteiger partial charge in [0.1, 0.15) is 0 Å². The number of para-hydroxylation sites is 1. The molecule has 0 saturated carbocycles. The summed E-state index contributed by atoms with van der Waals surface area (Å²) in [6, 6.07) is 16.8. The lowest BCUT2D eigenvalue weighted by Crippen LogP contribution is -2.47. The van der Waals surface area contributed by atoms with E-state index in [-0.39, 0.29) is 13.2 Å². The second-order valence-corrected chi connectivity index (χ2v) is 7.08. The van der Waals surface area contributed by atoms with Crippen LogP contribution in [0.3, 0.4) is 0 Å². The van der Waals surface area contributed by atoms with Gasteiger partial charge in [-0.15, -0.1) is 0 Å². The van der Waals surface area contributed by atoms with Crippen LogP contribution in [0.5, 0.6) is 0 Å². The monoisotopic (exact) mass is 387 g/mol. The number of carbonyl (C=O) groups excluding carboxylic acids is 2. The molecule has 0 N–H and O–H groups in total. The van der Waals surface area contributed by atoms with E-state index in [9.17, 15) is 20.1 Å². The predicted molar refractivity (Wildman–Crippen MR) is 107 cm³/mol. The van der Waals surface area contributed by atoms with Crippen molar-refractivity contribution in [2.45, 2.75) is 32.7 Å². The summed E-state index contributed by atoms with van der Waals surface area (Å²) in [5.74, 6) is -3.00. The second-order valence-electron chi connectivity index (χ2n) is 7.08. The van der Waals surface area contributed by atoms with Gasteiger partial charge in [-0.3, -0.25) is 9.59 Å². The first-order chi connectivity index (χ1) is 13.9. The highest BCUT2D eigenvalue weighted by Crippen LogP contribution is 2.48. The topological polar surface area (TPSA) is 94.2 Å². The number of ether oxygens (including phenoxy) is 1. The van der Waals surface area contributed by atoms with Crippen LogP contribution in [0.1, 0.15) is 29.2 Å². The molecule has 2 aromatic carbocycles. The number of benzene rings is 2. The van der Waals surface area contributed by atoms with Crippen molar-refractivity contribution in [3.05, 3.63) is 64.7 Å². The molecule has 1 aliphatic rings. The third-order valence-electron chi connectivity index (χ3n) is 5.24. The first-order valence-electron chi connectivity index (χ1n) is 9.35. The zero-order chi connectivity index (χ0) is 21.2. The number of nitrogens with zero attached hydrogens (tertiary/aromatic N) is 3. The third kappa shape index (κ3) is 3.13. The fraction of sp³-hybridized carbons (Fsp3) is 0.304. The number of aryl methyl sites for hydroxylation is 2. The Labute approximate surface area is 169 Å². The maximum absolute atomic E-state index is 13.6. The standard InChI is InChI=1S/C23H21N3O3/c1-4-29-21(27)19(12-24)23(14-25)18-7-5-6-16(3)20(18)26(22(23)28)13-17-10-8-15(2)9-11-17/h5-11,19H,4,13H2,1-3H3. The van der Waals surface area contributed by atoms with Crippen LogP contribution in [0, 0.1) is 42.4 Å². The highest BCUT2D eigenvalue weighted by atomic mass is 16.5. The van der Waals surface area contributed by atoms with Crippen molar-refractivity contribution in [1.29, 1.82) is 10.5 Å². The molecule has 0 aliphatic carbocycles. The van der Waals surface area contributed by atoms with Crippen LogP contribution in [-0.4, -0.2) is 18.5 Å². The van der Waals surface area contributed by atoms with Gasteiger partial charge in [0, 0.05) is 5.56 Å². The van der Waals surface area contributed by atoms with Crippen LogP contribution in [0.4, 0.5) is 5.69 Å². The Morgan fingerprint density at radius 2 is 1.86 bits per heavy atom. The quantitative estimate of drug-likeness (QED) is 0.734. The normalized spacial score (nSPS) is 18.5. The molecular formula is C23H21N3O3. The number of nitriles is 2. The number of esters is 1. The fourth-order valence-corrected chi connectivity index (χ4v) is 3.80. The van der Waals surface area contributed by atoms with Gasteiger partial charge < -0.3 is 9.64 Å². The molecule has 1 heterocycles. The van der Waals surface area contributed by atoms with E-state index < -0.39 is 23.2 Å². The molecule has 0 fully saturated rings. The number of carbonyl (C=O) groups is 2. The first-order valence-corrected chi connectivity index (χ1v) is 9.35. The number of amides is 1. The summed E-state index contributed by atoms with van der Waals surface area (Å²) >= 11 is 0. The number of hydrogen-bond donors (Lipinski definition) is 0. The predicted octanol–water partition coefficient (Wildman–Crippen LogP) is 3.31. The molecule has 0 saturated heterocycles. The number of anilines is 1. The number of hydrogen-bond acceptors (Lipinski definition) is 5. The first kappa shape index (κ1) is 20.1. The van der Waals surface area contributed by atoms with E-state index in [1.807, 2.05) is 56.3 Å². The van der Waals surface area contributed by atoms with E-state index in [1.165, 1.54) is 4.90 Å². The van der Waals surface area contributed by atoms with Crippen molar-refractivity contribution >= 4 is 17.6 Å². The van der Waals surface area contributed by atoms with Gasteiger partial charge >= 0.3 is 5.97 Å². The molecule has 0 aromatic heterocycles. The van der Waals surface area contributed by atoms with Crippen molar-refractivity contribution in [3.63, 3.8) is 0 Å². The van der Waals surface area contributed by atoms with Crippen molar-refractivity contribution in [1.82, 2.24) is 0 Å². The van der Waals surface area contributed by atoms with E-state index in [4.69, 9.17) is 4.74 Å². The molecule has 146 valence electrons. The van der Waals surface area contributed by atoms with Crippen molar-refractivity contribution in [3.8, 4) is 12.1 Å². The lowest BCUT2D eigenvalue weighted by Gasteiger charge is -2.25. The van der Waals surface area contributed by atoms with Crippen LogP contribution in [0.15, 0.2) is 42.5 Å². The van der Waals surface area contributed by atoms with Crippen molar-refractivity contribution in [2.75, 3.05) is 11.5 Å². The Hall–Kier alpha value is -3.64. The fourth-order valence-electron chi connectivity index (χ4n) is 3.80. The van der Waals surface area contributed by atoms with Gasteiger partial charge in [-0.05, 0) is 31.9 Å². The highest BCUT2D eigenvalue weighted by Gasteiger charge is 2.60. The van der Waals surface area contributed by atoms with Gasteiger partial charge in [-0.1, -0.05) is 48.0 Å². The molecule has 1 aliphatic heterocycles. The molecule has 1 amide bonds. The Balaban J connectivity index is 2.17. The summed E-state index contributed by atoms with van der Waals surface area (Å²) in [5.41, 5.74) is 1.78. The maximum Gasteiger partial charge on any atom is 0.325 e. The minimum atomic E-state index is -1.94. The summed E-state index contributed by atoms with van der Waals surface area (Å²) in [6.45, 7) is 5.72. The summed E-state index contributed by atoms with van der Waals surface area (Å²) in [6.07, 6.45) is 0. The Morgan fingerprint density at radius 3 is 2.45 bits per heavy atom. The molecule has 2 atom stereocenters. The molecule has 6 heteroatoms. The van der Waals surface area contributed by atoms with Gasteiger partial charge in [0.05, 0.1) is 31.0 Å². The van der Waals surface area contributed by atoms with Gasteiger partial charge in [0.2, 0.25) is 0 Å². The molecule has 29 heavy (non-hydrogen) atoms. The van der Waals surface area contributed by atoms with E-state index >= 15 is 0 Å². The minimum absolute atomic E-state index is 0.0560. The SMILES string of the molecule is CCOC(=O)C(C#N)C1(C#N)C(=O)N(Cc2ccc(C)cc2)c2c(C)cccc21. The summed E-state index contributed by atoms with van der Waals surface area (Å²) in [5, 5.41) is 19.8. The molecular weight excluding hydrogens is 366 g/mol. The Morgan fingerprint density at radius 1 is 1.17 bits per heavy atom. The lowest BCUT2D eigenvalue weighted by molar-refractivity contribution is -0.149. The maximum atomic E-state index is 13.6. The zero-order valence-electron chi connectivity index (χ0n) is 16.6. The molecule has 0 bridgehead atoms. The van der Waals surface area contributed by atoms with Crippen molar-refractivity contribution < 1.29 is 14.3 Å². The molecule has 0 radical (unpaired) electrons. The number of fused-ring (bicyclic) bond motifs is 1. The lowest BCUT2D eigenvalue weighted by atomic mass is 9.72. The average molecular weight is 387 g/mol. The van der Waals surface area contributed by atoms with E-state index in [1.54, 1.807) is 19.1 Å². The van der Waals surface area contributed by atoms with Crippen LogP contribution in [-0.2, 0) is 26.3 Å². The van der Waals surface area contributed by atoms with Gasteiger partial charge in [0.25, 0.3) is 5.91 Å². The zero-order valence-corrected chi connectivity index (χ0v) is 16.6. The van der Waals surface area contributed by atoms with Crippen LogP contribution >= 0.6 is 0 Å². The van der Waals surface area contributed by atoms with E-state index in [0.717, 1.165) is 16.7 Å². The Bertz CT molecular complexity index is 1050. The van der Waals surface area contributed by atoms with E-state index in [2.05, 4.69) is 0 Å². The average Bonchev–Trinajstić information content (AvgIpc) is 2.94. The Kier molecular flexibility index (Phi) is 5.39. The van der Waals surface area contributed by atoms with Crippen LogP contribution < -0.4 is 4.90 Å². The van der Waals surface area contributed by atoms with Gasteiger partial charge in [0.15, 0.2) is 11.3 Å².